The van der Waals surface area contributed by atoms with Crippen LogP contribution in [0.15, 0.2) is 12.4 Å². The summed E-state index contributed by atoms with van der Waals surface area (Å²) in [7, 11) is 3.03. The van der Waals surface area contributed by atoms with Crippen molar-refractivity contribution in [2.24, 2.45) is 14.1 Å². The first kappa shape index (κ1) is 16.1. The maximum Gasteiger partial charge on any atom is 0.382 e. The Morgan fingerprint density at radius 1 is 1.26 bits per heavy atom. The van der Waals surface area contributed by atoms with Crippen LogP contribution in [0.5, 0.6) is 0 Å². The molecule has 0 bridgehead atoms. The van der Waals surface area contributed by atoms with E-state index >= 15 is 0 Å². The van der Waals surface area contributed by atoms with Gasteiger partial charge in [-0.1, -0.05) is 0 Å². The van der Waals surface area contributed by atoms with Gasteiger partial charge in [0.05, 0.1) is 6.61 Å². The van der Waals surface area contributed by atoms with Crippen molar-refractivity contribution in [3.05, 3.63) is 34.2 Å². The number of rotatable bonds is 5. The molecule has 0 unspecified atom stereocenters. The molecule has 11 heteroatoms. The maximum atomic E-state index is 12.1. The van der Waals surface area contributed by atoms with Crippen LogP contribution < -0.4 is 5.32 Å². The number of aromatic nitrogens is 4. The zero-order valence-electron chi connectivity index (χ0n) is 12.6. The third-order valence-electron chi connectivity index (χ3n) is 2.83. The van der Waals surface area contributed by atoms with Crippen molar-refractivity contribution >= 4 is 23.5 Å². The molecule has 0 fully saturated rings. The summed E-state index contributed by atoms with van der Waals surface area (Å²) in [5, 5.41) is 13.1. The lowest BCUT2D eigenvalue weighted by Gasteiger charge is -1.99. The van der Waals surface area contributed by atoms with Crippen molar-refractivity contribution in [1.82, 2.24) is 19.1 Å². The smallest absolute Gasteiger partial charge is 0.382 e. The summed E-state index contributed by atoms with van der Waals surface area (Å²) < 4.78 is 7.46. The number of carbonyl (C=O) groups is 2. The van der Waals surface area contributed by atoms with Gasteiger partial charge in [0.15, 0.2) is 5.82 Å². The molecule has 0 radical (unpaired) electrons. The molecular weight excluding hydrogens is 308 g/mol. The predicted molar refractivity (Wildman–Crippen MR) is 77.0 cm³/mol. The minimum atomic E-state index is -0.698. The van der Waals surface area contributed by atoms with Crippen LogP contribution >= 0.6 is 0 Å². The SMILES string of the molecule is CCOC(=O)c1nc(NC(=O)c2nc([N+](=O)[O-])cn2C)cn1C. The van der Waals surface area contributed by atoms with E-state index in [-0.39, 0.29) is 24.1 Å². The molecule has 11 nitrogen and oxygen atoms in total. The summed E-state index contributed by atoms with van der Waals surface area (Å²) in [5.41, 5.74) is 0. The Hall–Kier alpha value is -3.24. The summed E-state index contributed by atoms with van der Waals surface area (Å²) in [6.07, 6.45) is 2.54. The molecule has 0 saturated carbocycles. The van der Waals surface area contributed by atoms with E-state index in [2.05, 4.69) is 15.3 Å². The highest BCUT2D eigenvalue weighted by Gasteiger charge is 2.24. The number of carbonyl (C=O) groups excluding carboxylic acids is 2. The molecule has 0 spiro atoms. The number of nitrogens with zero attached hydrogens (tertiary/aromatic N) is 5. The van der Waals surface area contributed by atoms with Crippen molar-refractivity contribution in [2.45, 2.75) is 6.92 Å². The molecule has 2 heterocycles. The predicted octanol–water partition coefficient (Wildman–Crippen LogP) is 0.491. The van der Waals surface area contributed by atoms with Gasteiger partial charge in [0.2, 0.25) is 5.82 Å². The fourth-order valence-corrected chi connectivity index (χ4v) is 1.83. The third-order valence-corrected chi connectivity index (χ3v) is 2.83. The van der Waals surface area contributed by atoms with Crippen molar-refractivity contribution in [3.8, 4) is 0 Å². The highest BCUT2D eigenvalue weighted by molar-refractivity contribution is 6.01. The van der Waals surface area contributed by atoms with Gasteiger partial charge in [-0.25, -0.2) is 9.78 Å². The number of hydrogen-bond acceptors (Lipinski definition) is 7. The van der Waals surface area contributed by atoms with Crippen molar-refractivity contribution in [2.75, 3.05) is 11.9 Å². The second-order valence-electron chi connectivity index (χ2n) is 4.53. The highest BCUT2D eigenvalue weighted by Crippen LogP contribution is 2.13. The summed E-state index contributed by atoms with van der Waals surface area (Å²) in [6, 6.07) is 0. The molecule has 23 heavy (non-hydrogen) atoms. The molecule has 1 N–H and O–H groups in total. The largest absolute Gasteiger partial charge is 0.460 e. The van der Waals surface area contributed by atoms with Crippen LogP contribution in [0.3, 0.4) is 0 Å². The molecule has 0 aliphatic heterocycles. The molecule has 0 aromatic carbocycles. The Morgan fingerprint density at radius 3 is 2.48 bits per heavy atom. The topological polar surface area (TPSA) is 134 Å². The average molecular weight is 322 g/mol. The number of nitro groups is 1. The van der Waals surface area contributed by atoms with Crippen LogP contribution in [0.25, 0.3) is 0 Å². The summed E-state index contributed by atoms with van der Waals surface area (Å²) in [6.45, 7) is 1.86. The van der Waals surface area contributed by atoms with Gasteiger partial charge in [0, 0.05) is 20.3 Å². The Kier molecular flexibility index (Phi) is 4.39. The van der Waals surface area contributed by atoms with Gasteiger partial charge in [-0.05, 0) is 16.8 Å². The normalized spacial score (nSPS) is 10.4. The number of aryl methyl sites for hydroxylation is 2. The van der Waals surface area contributed by atoms with Crippen LogP contribution in [0.1, 0.15) is 28.2 Å². The van der Waals surface area contributed by atoms with Crippen LogP contribution in [-0.4, -0.2) is 42.5 Å². The summed E-state index contributed by atoms with van der Waals surface area (Å²) in [4.78, 5) is 41.3. The standard InChI is InChI=1S/C12H14N6O5/c1-4-23-12(20)10-13-7(5-16(10)2)14-11(19)9-15-8(18(21)22)6-17(9)3/h5-6H,4H2,1-3H3,(H,14,19). The molecule has 2 aromatic rings. The molecule has 2 rings (SSSR count). The Morgan fingerprint density at radius 2 is 1.91 bits per heavy atom. The Bertz CT molecular complexity index is 777. The lowest BCUT2D eigenvalue weighted by molar-refractivity contribution is -0.389. The Balaban J connectivity index is 2.19. The van der Waals surface area contributed by atoms with Crippen molar-refractivity contribution < 1.29 is 19.2 Å². The zero-order valence-corrected chi connectivity index (χ0v) is 12.6. The Labute approximate surface area is 130 Å². The second kappa shape index (κ2) is 6.25. The number of hydrogen-bond donors (Lipinski definition) is 1. The molecule has 1 amide bonds. The number of anilines is 1. The third kappa shape index (κ3) is 3.33. The van der Waals surface area contributed by atoms with E-state index in [0.717, 1.165) is 6.20 Å². The van der Waals surface area contributed by atoms with Crippen LogP contribution in [0.4, 0.5) is 11.6 Å². The van der Waals surface area contributed by atoms with Gasteiger partial charge in [0.25, 0.3) is 0 Å². The number of ether oxygens (including phenoxy) is 1. The number of imidazole rings is 2. The van der Waals surface area contributed by atoms with E-state index < -0.39 is 22.6 Å². The van der Waals surface area contributed by atoms with Gasteiger partial charge < -0.3 is 29.3 Å². The van der Waals surface area contributed by atoms with Gasteiger partial charge in [-0.3, -0.25) is 4.79 Å². The first-order valence-corrected chi connectivity index (χ1v) is 6.53. The monoisotopic (exact) mass is 322 g/mol. The van der Waals surface area contributed by atoms with Crippen molar-refractivity contribution in [3.63, 3.8) is 0 Å². The van der Waals surface area contributed by atoms with E-state index in [1.165, 1.54) is 22.4 Å². The van der Waals surface area contributed by atoms with Crippen molar-refractivity contribution in [1.29, 1.82) is 0 Å². The number of esters is 1. The van der Waals surface area contributed by atoms with E-state index in [9.17, 15) is 19.7 Å². The molecule has 122 valence electrons. The van der Waals surface area contributed by atoms with Crippen LogP contribution in [0.2, 0.25) is 0 Å². The van der Waals surface area contributed by atoms with E-state index in [0.29, 0.717) is 0 Å². The minimum absolute atomic E-state index is 0.0213. The molecule has 0 aliphatic carbocycles. The van der Waals surface area contributed by atoms with E-state index in [4.69, 9.17) is 4.74 Å². The minimum Gasteiger partial charge on any atom is -0.460 e. The molecule has 0 atom stereocenters. The second-order valence-corrected chi connectivity index (χ2v) is 4.53. The lowest BCUT2D eigenvalue weighted by Crippen LogP contribution is -2.17. The molecule has 2 aromatic heterocycles. The molecular formula is C12H14N6O5. The fourth-order valence-electron chi connectivity index (χ4n) is 1.83. The van der Waals surface area contributed by atoms with Gasteiger partial charge in [-0.15, -0.1) is 0 Å². The van der Waals surface area contributed by atoms with Crippen LogP contribution in [0, 0.1) is 10.1 Å². The summed E-state index contributed by atoms with van der Waals surface area (Å²) in [5.74, 6) is -1.78. The summed E-state index contributed by atoms with van der Waals surface area (Å²) >= 11 is 0. The number of nitrogens with one attached hydrogen (secondary N) is 1. The zero-order chi connectivity index (χ0) is 17.1. The molecule has 0 aliphatic rings. The van der Waals surface area contributed by atoms with Gasteiger partial charge >= 0.3 is 23.5 Å². The van der Waals surface area contributed by atoms with Gasteiger partial charge in [-0.2, -0.15) is 0 Å². The first-order valence-electron chi connectivity index (χ1n) is 6.53. The number of amides is 1. The average Bonchev–Trinajstić information content (AvgIpc) is 3.02. The first-order chi connectivity index (χ1) is 10.8. The highest BCUT2D eigenvalue weighted by atomic mass is 16.6. The maximum absolute atomic E-state index is 12.1. The van der Waals surface area contributed by atoms with Crippen LogP contribution in [-0.2, 0) is 18.8 Å². The fraction of sp³-hybridized carbons (Fsp3) is 0.333. The quantitative estimate of drug-likeness (QED) is 0.481. The molecule has 0 saturated heterocycles. The van der Waals surface area contributed by atoms with E-state index in [1.807, 2.05) is 0 Å². The van der Waals surface area contributed by atoms with E-state index in [1.54, 1.807) is 14.0 Å². The lowest BCUT2D eigenvalue weighted by atomic mass is 10.5. The van der Waals surface area contributed by atoms with Gasteiger partial charge in [0.1, 0.15) is 6.20 Å².